The smallest absolute Gasteiger partial charge is 0.217 e. The largest absolute Gasteiger partial charge is 0.394 e. The lowest BCUT2D eigenvalue weighted by molar-refractivity contribution is -0.275. The highest BCUT2D eigenvalue weighted by molar-refractivity contribution is 5.73. The van der Waals surface area contributed by atoms with Gasteiger partial charge < -0.3 is 29.7 Å². The van der Waals surface area contributed by atoms with E-state index in [1.165, 1.54) is 6.92 Å². The van der Waals surface area contributed by atoms with Crippen LogP contribution < -0.4 is 5.32 Å². The highest BCUT2D eigenvalue weighted by atomic mass is 16.6. The van der Waals surface area contributed by atoms with Gasteiger partial charge in [0, 0.05) is 6.92 Å². The molecule has 1 aliphatic rings. The van der Waals surface area contributed by atoms with Crippen LogP contribution >= 0.6 is 0 Å². The molecule has 0 radical (unpaired) electrons. The first-order valence-corrected chi connectivity index (χ1v) is 9.61. The Kier molecular flexibility index (Phi) is 7.74. The number of benzene rings is 2. The molecule has 3 rings (SSSR count). The van der Waals surface area contributed by atoms with Crippen LogP contribution in [0.1, 0.15) is 18.1 Å². The fourth-order valence-corrected chi connectivity index (χ4v) is 3.39. The van der Waals surface area contributed by atoms with Gasteiger partial charge in [-0.1, -0.05) is 60.7 Å². The van der Waals surface area contributed by atoms with E-state index >= 15 is 0 Å². The quantitative estimate of drug-likeness (QED) is 0.618. The number of carbonyl (C=O) groups excluding carboxylic acids is 1. The van der Waals surface area contributed by atoms with E-state index in [0.29, 0.717) is 0 Å². The highest BCUT2D eigenvalue weighted by Gasteiger charge is 2.47. The lowest BCUT2D eigenvalue weighted by Crippen LogP contribution is -2.65. The van der Waals surface area contributed by atoms with Crippen LogP contribution in [-0.4, -0.2) is 53.4 Å². The van der Waals surface area contributed by atoms with Crippen LogP contribution in [0.25, 0.3) is 0 Å². The zero-order chi connectivity index (χ0) is 20.6. The number of amides is 1. The van der Waals surface area contributed by atoms with Gasteiger partial charge >= 0.3 is 0 Å². The number of ether oxygens (including phenoxy) is 3. The minimum absolute atomic E-state index is 0.262. The molecule has 0 aromatic heterocycles. The van der Waals surface area contributed by atoms with Crippen LogP contribution in [0.4, 0.5) is 0 Å². The molecule has 0 saturated carbocycles. The molecule has 0 bridgehead atoms. The summed E-state index contributed by atoms with van der Waals surface area (Å²) in [6, 6.07) is 18.3. The number of hydrogen-bond acceptors (Lipinski definition) is 6. The number of aliphatic hydroxyl groups is 2. The van der Waals surface area contributed by atoms with E-state index < -0.39 is 30.6 Å². The van der Waals surface area contributed by atoms with E-state index in [1.54, 1.807) is 0 Å². The third-order valence-electron chi connectivity index (χ3n) is 4.79. The van der Waals surface area contributed by atoms with Crippen molar-refractivity contribution in [2.75, 3.05) is 6.61 Å². The maximum Gasteiger partial charge on any atom is 0.217 e. The van der Waals surface area contributed by atoms with Gasteiger partial charge in [-0.15, -0.1) is 0 Å². The SMILES string of the molecule is CC(=O)N[C@@H]1[C@@H](OCc2ccccc2)[C@H](OCc2ccccc2)[C@@H](CO)O[C@H]1O. The van der Waals surface area contributed by atoms with E-state index in [0.717, 1.165) is 11.1 Å². The first kappa shape index (κ1) is 21.4. The molecule has 1 amide bonds. The van der Waals surface area contributed by atoms with Crippen molar-refractivity contribution in [2.45, 2.75) is 50.8 Å². The number of nitrogens with one attached hydrogen (secondary N) is 1. The first-order valence-electron chi connectivity index (χ1n) is 9.61. The summed E-state index contributed by atoms with van der Waals surface area (Å²) in [5.41, 5.74) is 1.89. The van der Waals surface area contributed by atoms with Gasteiger partial charge in [-0.3, -0.25) is 4.79 Å². The van der Waals surface area contributed by atoms with Crippen LogP contribution in [0.5, 0.6) is 0 Å². The number of carbonyl (C=O) groups is 1. The average molecular weight is 401 g/mol. The molecule has 1 fully saturated rings. The van der Waals surface area contributed by atoms with Gasteiger partial charge in [0.05, 0.1) is 19.8 Å². The van der Waals surface area contributed by atoms with E-state index in [2.05, 4.69) is 5.32 Å². The van der Waals surface area contributed by atoms with Crippen molar-refractivity contribution in [2.24, 2.45) is 0 Å². The van der Waals surface area contributed by atoms with Gasteiger partial charge in [-0.2, -0.15) is 0 Å². The van der Waals surface area contributed by atoms with Gasteiger partial charge in [0.1, 0.15) is 24.4 Å². The predicted molar refractivity (Wildman–Crippen MR) is 106 cm³/mol. The molecule has 1 heterocycles. The van der Waals surface area contributed by atoms with Gasteiger partial charge in [-0.05, 0) is 11.1 Å². The van der Waals surface area contributed by atoms with Gasteiger partial charge in [-0.25, -0.2) is 0 Å². The third kappa shape index (κ3) is 5.85. The summed E-state index contributed by atoms with van der Waals surface area (Å²) in [7, 11) is 0. The molecule has 0 spiro atoms. The Morgan fingerprint density at radius 3 is 1.97 bits per heavy atom. The lowest BCUT2D eigenvalue weighted by Gasteiger charge is -2.44. The van der Waals surface area contributed by atoms with Crippen molar-refractivity contribution in [3.05, 3.63) is 71.8 Å². The molecule has 3 N–H and O–H groups in total. The molecule has 0 aliphatic carbocycles. The Balaban J connectivity index is 1.80. The molecule has 156 valence electrons. The van der Waals surface area contributed by atoms with Crippen molar-refractivity contribution in [1.82, 2.24) is 5.32 Å². The summed E-state index contributed by atoms with van der Waals surface area (Å²) in [5.74, 6) is -0.324. The molecule has 1 saturated heterocycles. The van der Waals surface area contributed by atoms with Crippen LogP contribution in [-0.2, 0) is 32.2 Å². The Morgan fingerprint density at radius 2 is 1.48 bits per heavy atom. The maximum atomic E-state index is 11.7. The molecule has 2 aromatic carbocycles. The molecular weight excluding hydrogens is 374 g/mol. The zero-order valence-corrected chi connectivity index (χ0v) is 16.3. The van der Waals surface area contributed by atoms with Gasteiger partial charge in [0.25, 0.3) is 0 Å². The van der Waals surface area contributed by atoms with Crippen LogP contribution in [0, 0.1) is 0 Å². The fourth-order valence-electron chi connectivity index (χ4n) is 3.39. The second kappa shape index (κ2) is 10.5. The molecule has 7 heteroatoms. The van der Waals surface area contributed by atoms with Crippen molar-refractivity contribution in [1.29, 1.82) is 0 Å². The molecule has 7 nitrogen and oxygen atoms in total. The maximum absolute atomic E-state index is 11.7. The second-order valence-electron chi connectivity index (χ2n) is 7.00. The number of hydrogen-bond donors (Lipinski definition) is 3. The van der Waals surface area contributed by atoms with Crippen molar-refractivity contribution in [3.8, 4) is 0 Å². The first-order chi connectivity index (χ1) is 14.1. The summed E-state index contributed by atoms with van der Waals surface area (Å²) in [6.07, 6.45) is -3.53. The summed E-state index contributed by atoms with van der Waals surface area (Å²) in [6.45, 7) is 1.55. The average Bonchev–Trinajstić information content (AvgIpc) is 2.74. The predicted octanol–water partition coefficient (Wildman–Crippen LogP) is 1.37. The standard InChI is InChI=1S/C22H27NO6/c1-15(25)23-19-21(28-14-17-10-6-3-7-11-17)20(18(12-24)29-22(19)26)27-13-16-8-4-2-5-9-16/h2-11,18-22,24,26H,12-14H2,1H3,(H,23,25)/t18-,19-,20-,21-,22-/m1/s1. The third-order valence-corrected chi connectivity index (χ3v) is 4.79. The normalized spacial score (nSPS) is 26.8. The van der Waals surface area contributed by atoms with Gasteiger partial charge in [0.15, 0.2) is 6.29 Å². The Labute approximate surface area is 170 Å². The lowest BCUT2D eigenvalue weighted by atomic mass is 9.96. The van der Waals surface area contributed by atoms with Crippen molar-refractivity contribution >= 4 is 5.91 Å². The topological polar surface area (TPSA) is 97.3 Å². The zero-order valence-electron chi connectivity index (χ0n) is 16.3. The molecule has 0 unspecified atom stereocenters. The Morgan fingerprint density at radius 1 is 0.966 bits per heavy atom. The summed E-state index contributed by atoms with van der Waals surface area (Å²) < 4.78 is 17.7. The van der Waals surface area contributed by atoms with Crippen LogP contribution in [0.2, 0.25) is 0 Å². The number of rotatable bonds is 8. The van der Waals surface area contributed by atoms with Crippen LogP contribution in [0.3, 0.4) is 0 Å². The van der Waals surface area contributed by atoms with Crippen molar-refractivity contribution in [3.63, 3.8) is 0 Å². The molecular formula is C22H27NO6. The minimum Gasteiger partial charge on any atom is -0.394 e. The minimum atomic E-state index is -1.33. The second-order valence-corrected chi connectivity index (χ2v) is 7.00. The monoisotopic (exact) mass is 401 g/mol. The molecule has 29 heavy (non-hydrogen) atoms. The fraction of sp³-hybridized carbons (Fsp3) is 0.409. The Bertz CT molecular complexity index is 756. The molecule has 2 aromatic rings. The van der Waals surface area contributed by atoms with Crippen LogP contribution in [0.15, 0.2) is 60.7 Å². The van der Waals surface area contributed by atoms with Crippen molar-refractivity contribution < 1.29 is 29.2 Å². The highest BCUT2D eigenvalue weighted by Crippen LogP contribution is 2.27. The summed E-state index contributed by atoms with van der Waals surface area (Å²) >= 11 is 0. The summed E-state index contributed by atoms with van der Waals surface area (Å²) in [4.78, 5) is 11.7. The van der Waals surface area contributed by atoms with E-state index in [1.807, 2.05) is 60.7 Å². The van der Waals surface area contributed by atoms with E-state index in [9.17, 15) is 15.0 Å². The molecule has 1 aliphatic heterocycles. The summed E-state index contributed by atoms with van der Waals surface area (Å²) in [5, 5.41) is 22.9. The molecule has 5 atom stereocenters. The number of aliphatic hydroxyl groups excluding tert-OH is 2. The van der Waals surface area contributed by atoms with E-state index in [4.69, 9.17) is 14.2 Å². The van der Waals surface area contributed by atoms with E-state index in [-0.39, 0.29) is 25.7 Å². The van der Waals surface area contributed by atoms with Gasteiger partial charge in [0.2, 0.25) is 5.91 Å². The Hall–Kier alpha value is -2.29.